The maximum absolute atomic E-state index is 13.4. The SMILES string of the molecule is CC(C)(C)OC(=O)NCC1CCC(C(=O)N[C@@H](Cc2cccc(Br)c2)C(=O)Nc2ccc(-c3nn[nH]n3)cc2)CC1. The van der Waals surface area contributed by atoms with Gasteiger partial charge in [0.25, 0.3) is 0 Å². The summed E-state index contributed by atoms with van der Waals surface area (Å²) in [4.78, 5) is 38.7. The molecule has 1 aliphatic rings. The van der Waals surface area contributed by atoms with E-state index in [1.807, 2.05) is 45.0 Å². The first-order valence-corrected chi connectivity index (χ1v) is 14.5. The van der Waals surface area contributed by atoms with E-state index in [9.17, 15) is 14.4 Å². The molecule has 3 aromatic rings. The number of hydrogen-bond donors (Lipinski definition) is 4. The van der Waals surface area contributed by atoms with Crippen LogP contribution >= 0.6 is 15.9 Å². The lowest BCUT2D eigenvalue weighted by atomic mass is 9.81. The van der Waals surface area contributed by atoms with E-state index in [0.717, 1.165) is 28.4 Å². The van der Waals surface area contributed by atoms with Crippen LogP contribution in [-0.2, 0) is 20.7 Å². The Hall–Kier alpha value is -3.80. The Morgan fingerprint density at radius 3 is 2.44 bits per heavy atom. The largest absolute Gasteiger partial charge is 0.444 e. The molecule has 0 spiro atoms. The number of anilines is 1. The van der Waals surface area contributed by atoms with Gasteiger partial charge in [0.15, 0.2) is 0 Å². The second-order valence-corrected chi connectivity index (χ2v) is 12.2. The van der Waals surface area contributed by atoms with Crippen molar-refractivity contribution in [3.8, 4) is 11.4 Å². The van der Waals surface area contributed by atoms with Crippen molar-refractivity contribution in [1.82, 2.24) is 31.3 Å². The van der Waals surface area contributed by atoms with Gasteiger partial charge in [-0.05, 0) is 99.5 Å². The van der Waals surface area contributed by atoms with E-state index in [0.29, 0.717) is 37.3 Å². The third-order valence-corrected chi connectivity index (χ3v) is 7.36. The summed E-state index contributed by atoms with van der Waals surface area (Å²) < 4.78 is 6.21. The smallest absolute Gasteiger partial charge is 0.407 e. The number of aromatic amines is 1. The molecule has 1 atom stereocenters. The molecule has 0 bridgehead atoms. The van der Waals surface area contributed by atoms with Crippen LogP contribution in [0.5, 0.6) is 0 Å². The molecule has 3 amide bonds. The van der Waals surface area contributed by atoms with Crippen LogP contribution in [0, 0.1) is 11.8 Å². The zero-order valence-corrected chi connectivity index (χ0v) is 25.0. The molecule has 1 aromatic heterocycles. The maximum Gasteiger partial charge on any atom is 0.407 e. The summed E-state index contributed by atoms with van der Waals surface area (Å²) >= 11 is 3.48. The summed E-state index contributed by atoms with van der Waals surface area (Å²) in [6.45, 7) is 6.00. The van der Waals surface area contributed by atoms with Gasteiger partial charge >= 0.3 is 6.09 Å². The number of aromatic nitrogens is 4. The van der Waals surface area contributed by atoms with Crippen molar-refractivity contribution in [3.05, 3.63) is 58.6 Å². The van der Waals surface area contributed by atoms with Gasteiger partial charge in [0, 0.05) is 34.6 Å². The molecule has 41 heavy (non-hydrogen) atoms. The highest BCUT2D eigenvalue weighted by molar-refractivity contribution is 9.10. The van der Waals surface area contributed by atoms with Crippen molar-refractivity contribution >= 4 is 39.5 Å². The fourth-order valence-corrected chi connectivity index (χ4v) is 5.23. The monoisotopic (exact) mass is 625 g/mol. The number of tetrazole rings is 1. The molecule has 12 heteroatoms. The number of H-pyrrole nitrogens is 1. The van der Waals surface area contributed by atoms with Gasteiger partial charge in [0.1, 0.15) is 11.6 Å². The number of benzene rings is 2. The highest BCUT2D eigenvalue weighted by atomic mass is 79.9. The molecule has 0 unspecified atom stereocenters. The molecular weight excluding hydrogens is 590 g/mol. The van der Waals surface area contributed by atoms with E-state index in [1.165, 1.54) is 0 Å². The lowest BCUT2D eigenvalue weighted by Gasteiger charge is -2.29. The maximum atomic E-state index is 13.4. The number of alkyl carbamates (subject to hydrolysis) is 1. The van der Waals surface area contributed by atoms with Crippen LogP contribution in [0.2, 0.25) is 0 Å². The number of carbonyl (C=O) groups excluding carboxylic acids is 3. The third kappa shape index (κ3) is 9.38. The summed E-state index contributed by atoms with van der Waals surface area (Å²) in [5.41, 5.74) is 1.72. The predicted molar refractivity (Wildman–Crippen MR) is 158 cm³/mol. The second kappa shape index (κ2) is 13.7. The van der Waals surface area contributed by atoms with Crippen LogP contribution < -0.4 is 16.0 Å². The van der Waals surface area contributed by atoms with Gasteiger partial charge in [0.2, 0.25) is 17.6 Å². The van der Waals surface area contributed by atoms with Gasteiger partial charge in [-0.3, -0.25) is 9.59 Å². The lowest BCUT2D eigenvalue weighted by molar-refractivity contribution is -0.130. The Kier molecular flexibility index (Phi) is 10.1. The Morgan fingerprint density at radius 2 is 1.80 bits per heavy atom. The minimum absolute atomic E-state index is 0.133. The zero-order valence-electron chi connectivity index (χ0n) is 23.4. The van der Waals surface area contributed by atoms with Crippen molar-refractivity contribution in [2.75, 3.05) is 11.9 Å². The average molecular weight is 627 g/mol. The summed E-state index contributed by atoms with van der Waals surface area (Å²) in [5.74, 6) is 0.104. The van der Waals surface area contributed by atoms with E-state index in [-0.39, 0.29) is 23.7 Å². The minimum Gasteiger partial charge on any atom is -0.444 e. The van der Waals surface area contributed by atoms with Gasteiger partial charge in [-0.1, -0.05) is 28.1 Å². The van der Waals surface area contributed by atoms with Crippen LogP contribution in [0.3, 0.4) is 0 Å². The van der Waals surface area contributed by atoms with Crippen molar-refractivity contribution in [2.45, 2.75) is 64.5 Å². The first kappa shape index (κ1) is 30.2. The minimum atomic E-state index is -0.764. The van der Waals surface area contributed by atoms with E-state index in [4.69, 9.17) is 4.74 Å². The average Bonchev–Trinajstić information content (AvgIpc) is 3.46. The number of nitrogens with one attached hydrogen (secondary N) is 4. The van der Waals surface area contributed by atoms with Crippen LogP contribution in [0.4, 0.5) is 10.5 Å². The molecule has 1 fully saturated rings. The van der Waals surface area contributed by atoms with Crippen molar-refractivity contribution in [3.63, 3.8) is 0 Å². The normalized spacial score (nSPS) is 17.8. The quantitative estimate of drug-likeness (QED) is 0.271. The van der Waals surface area contributed by atoms with Crippen molar-refractivity contribution in [1.29, 1.82) is 0 Å². The fraction of sp³-hybridized carbons (Fsp3) is 0.448. The molecule has 0 radical (unpaired) electrons. The Balaban J connectivity index is 1.35. The highest BCUT2D eigenvalue weighted by Gasteiger charge is 2.30. The van der Waals surface area contributed by atoms with Crippen LogP contribution in [0.25, 0.3) is 11.4 Å². The number of ether oxygens (including phenoxy) is 1. The number of nitrogens with zero attached hydrogens (tertiary/aromatic N) is 3. The first-order valence-electron chi connectivity index (χ1n) is 13.7. The molecule has 11 nitrogen and oxygen atoms in total. The van der Waals surface area contributed by atoms with Crippen LogP contribution in [0.1, 0.15) is 52.0 Å². The van der Waals surface area contributed by atoms with Gasteiger partial charge in [-0.25, -0.2) is 4.79 Å². The molecule has 1 saturated carbocycles. The number of hydrogen-bond acceptors (Lipinski definition) is 7. The Labute approximate surface area is 247 Å². The third-order valence-electron chi connectivity index (χ3n) is 6.87. The molecule has 4 rings (SSSR count). The zero-order chi connectivity index (χ0) is 29.4. The van der Waals surface area contributed by atoms with Gasteiger partial charge < -0.3 is 20.7 Å². The van der Waals surface area contributed by atoms with Crippen molar-refractivity contribution in [2.24, 2.45) is 11.8 Å². The first-order chi connectivity index (χ1) is 19.6. The molecule has 218 valence electrons. The number of halogens is 1. The fourth-order valence-electron chi connectivity index (χ4n) is 4.79. The van der Waals surface area contributed by atoms with Gasteiger partial charge in [-0.2, -0.15) is 5.21 Å². The van der Waals surface area contributed by atoms with Gasteiger partial charge in [-0.15, -0.1) is 10.2 Å². The van der Waals surface area contributed by atoms with E-state index in [1.54, 1.807) is 24.3 Å². The summed E-state index contributed by atoms with van der Waals surface area (Å²) in [7, 11) is 0. The molecular formula is C29H36BrN7O4. The molecule has 1 aliphatic carbocycles. The van der Waals surface area contributed by atoms with Crippen molar-refractivity contribution < 1.29 is 19.1 Å². The summed E-state index contributed by atoms with van der Waals surface area (Å²) in [6.07, 6.45) is 2.91. The Morgan fingerprint density at radius 1 is 1.07 bits per heavy atom. The number of amides is 3. The summed E-state index contributed by atoms with van der Waals surface area (Å²) in [5, 5.41) is 22.7. The highest BCUT2D eigenvalue weighted by Crippen LogP contribution is 2.29. The predicted octanol–water partition coefficient (Wildman–Crippen LogP) is 4.63. The topological polar surface area (TPSA) is 151 Å². The number of carbonyl (C=O) groups is 3. The molecule has 2 aromatic carbocycles. The second-order valence-electron chi connectivity index (χ2n) is 11.3. The lowest BCUT2D eigenvalue weighted by Crippen LogP contribution is -2.48. The Bertz CT molecular complexity index is 1320. The molecule has 1 heterocycles. The standard InChI is InChI=1S/C29H36BrN7O4/c1-29(2,3)41-28(40)31-17-18-7-9-21(10-8-18)26(38)33-24(16-19-5-4-6-22(30)15-19)27(39)32-23-13-11-20(12-14-23)25-34-36-37-35-25/h4-6,11-15,18,21,24H,7-10,16-17H2,1-3H3,(H,31,40)(H,32,39)(H,33,38)(H,34,35,36,37)/t18?,21?,24-/m0/s1. The summed E-state index contributed by atoms with van der Waals surface area (Å²) in [6, 6.07) is 14.0. The molecule has 4 N–H and O–H groups in total. The molecule has 0 saturated heterocycles. The van der Waals surface area contributed by atoms with Gasteiger partial charge in [0.05, 0.1) is 0 Å². The van der Waals surface area contributed by atoms with E-state index >= 15 is 0 Å². The van der Waals surface area contributed by atoms with E-state index in [2.05, 4.69) is 52.5 Å². The van der Waals surface area contributed by atoms with Crippen LogP contribution in [0.15, 0.2) is 53.0 Å². The number of rotatable bonds is 9. The molecule has 0 aliphatic heterocycles. The van der Waals surface area contributed by atoms with Crippen LogP contribution in [-0.4, -0.2) is 56.7 Å². The van der Waals surface area contributed by atoms with E-state index < -0.39 is 17.7 Å².